The Balaban J connectivity index is 1.78. The van der Waals surface area contributed by atoms with Crippen molar-refractivity contribution in [1.29, 1.82) is 0 Å². The van der Waals surface area contributed by atoms with Crippen LogP contribution in [0.25, 0.3) is 10.9 Å². The highest BCUT2D eigenvalue weighted by Crippen LogP contribution is 2.38. The van der Waals surface area contributed by atoms with Crippen LogP contribution in [0, 0.1) is 0 Å². The van der Waals surface area contributed by atoms with Crippen LogP contribution in [0.4, 0.5) is 17.2 Å². The van der Waals surface area contributed by atoms with Crippen molar-refractivity contribution in [2.45, 2.75) is 6.42 Å². The third-order valence-electron chi connectivity index (χ3n) is 4.27. The molecule has 2 aromatic carbocycles. The monoisotopic (exact) mass is 350 g/mol. The Morgan fingerprint density at radius 3 is 2.96 bits per heavy atom. The number of hydrogen-bond donors (Lipinski definition) is 1. The summed E-state index contributed by atoms with van der Waals surface area (Å²) in [4.78, 5) is 22.5. The third kappa shape index (κ3) is 2.83. The minimum Gasteiger partial charge on any atom is -0.325 e. The number of halogens is 1. The zero-order chi connectivity index (χ0) is 17.4. The molecule has 4 rings (SSSR count). The van der Waals surface area contributed by atoms with Gasteiger partial charge in [-0.25, -0.2) is 9.97 Å². The van der Waals surface area contributed by atoms with E-state index in [1.165, 1.54) is 11.6 Å². The van der Waals surface area contributed by atoms with E-state index in [1.54, 1.807) is 6.33 Å². The molecule has 25 heavy (non-hydrogen) atoms. The van der Waals surface area contributed by atoms with Crippen molar-refractivity contribution in [2.75, 3.05) is 16.8 Å². The zero-order valence-electron chi connectivity index (χ0n) is 13.4. The lowest BCUT2D eigenvalue weighted by Crippen LogP contribution is -2.15. The second kappa shape index (κ2) is 6.18. The Bertz CT molecular complexity index is 1000. The summed E-state index contributed by atoms with van der Waals surface area (Å²) in [5, 5.41) is 4.38. The standard InChI is InChI=1S/C19H15ClN4O/c1-2-18(25)23-14-5-6-15-16(10-14)21-11-22-19(15)24-8-7-12-3-4-13(20)9-17(12)24/h2-6,9-11H,1,7-8H2,(H,23,25). The fraction of sp³-hybridized carbons (Fsp3) is 0.105. The molecule has 0 unspecified atom stereocenters. The van der Waals surface area contributed by atoms with E-state index in [0.29, 0.717) is 10.7 Å². The van der Waals surface area contributed by atoms with Gasteiger partial charge in [0.05, 0.1) is 5.52 Å². The van der Waals surface area contributed by atoms with Crippen LogP contribution in [-0.4, -0.2) is 22.4 Å². The summed E-state index contributed by atoms with van der Waals surface area (Å²) in [6, 6.07) is 11.5. The van der Waals surface area contributed by atoms with Gasteiger partial charge in [-0.15, -0.1) is 0 Å². The molecule has 1 aromatic heterocycles. The van der Waals surface area contributed by atoms with E-state index in [0.717, 1.165) is 35.4 Å². The molecule has 0 atom stereocenters. The van der Waals surface area contributed by atoms with Crippen LogP contribution >= 0.6 is 11.6 Å². The number of hydrogen-bond acceptors (Lipinski definition) is 4. The lowest BCUT2D eigenvalue weighted by atomic mass is 10.1. The van der Waals surface area contributed by atoms with Crippen LogP contribution in [0.5, 0.6) is 0 Å². The zero-order valence-corrected chi connectivity index (χ0v) is 14.1. The van der Waals surface area contributed by atoms with E-state index in [-0.39, 0.29) is 5.91 Å². The predicted octanol–water partition coefficient (Wildman–Crippen LogP) is 4.10. The van der Waals surface area contributed by atoms with Gasteiger partial charge in [-0.05, 0) is 48.4 Å². The highest BCUT2D eigenvalue weighted by molar-refractivity contribution is 6.31. The maximum absolute atomic E-state index is 11.5. The molecule has 0 bridgehead atoms. The average molecular weight is 351 g/mol. The number of carbonyl (C=O) groups excluding carboxylic acids is 1. The number of amides is 1. The van der Waals surface area contributed by atoms with Gasteiger partial charge >= 0.3 is 0 Å². The van der Waals surface area contributed by atoms with E-state index >= 15 is 0 Å². The van der Waals surface area contributed by atoms with Gasteiger partial charge in [0, 0.05) is 28.3 Å². The summed E-state index contributed by atoms with van der Waals surface area (Å²) in [7, 11) is 0. The van der Waals surface area contributed by atoms with Crippen LogP contribution in [0.2, 0.25) is 5.02 Å². The molecule has 5 nitrogen and oxygen atoms in total. The van der Waals surface area contributed by atoms with E-state index in [4.69, 9.17) is 11.6 Å². The molecular weight excluding hydrogens is 336 g/mol. The van der Waals surface area contributed by atoms with E-state index < -0.39 is 0 Å². The molecule has 0 aliphatic carbocycles. The van der Waals surface area contributed by atoms with E-state index in [2.05, 4.69) is 32.8 Å². The van der Waals surface area contributed by atoms with Crippen molar-refractivity contribution in [3.05, 3.63) is 66.0 Å². The van der Waals surface area contributed by atoms with Gasteiger partial charge in [0.1, 0.15) is 12.1 Å². The minimum atomic E-state index is -0.253. The van der Waals surface area contributed by atoms with Crippen molar-refractivity contribution >= 4 is 45.6 Å². The smallest absolute Gasteiger partial charge is 0.247 e. The van der Waals surface area contributed by atoms with Crippen LogP contribution < -0.4 is 10.2 Å². The summed E-state index contributed by atoms with van der Waals surface area (Å²) in [6.45, 7) is 4.30. The maximum Gasteiger partial charge on any atom is 0.247 e. The normalized spacial score (nSPS) is 12.9. The Hall–Kier alpha value is -2.92. The van der Waals surface area contributed by atoms with Gasteiger partial charge in [-0.2, -0.15) is 0 Å². The average Bonchev–Trinajstić information content (AvgIpc) is 3.03. The van der Waals surface area contributed by atoms with Gasteiger partial charge in [-0.3, -0.25) is 4.79 Å². The summed E-state index contributed by atoms with van der Waals surface area (Å²) in [5.74, 6) is 0.587. The third-order valence-corrected chi connectivity index (χ3v) is 4.50. The van der Waals surface area contributed by atoms with Gasteiger partial charge in [0.2, 0.25) is 5.91 Å². The Morgan fingerprint density at radius 1 is 1.24 bits per heavy atom. The molecule has 0 radical (unpaired) electrons. The van der Waals surface area contributed by atoms with Crippen molar-refractivity contribution in [3.8, 4) is 0 Å². The topological polar surface area (TPSA) is 58.1 Å². The number of rotatable bonds is 3. The molecule has 0 saturated heterocycles. The highest BCUT2D eigenvalue weighted by Gasteiger charge is 2.23. The van der Waals surface area contributed by atoms with Crippen molar-refractivity contribution in [2.24, 2.45) is 0 Å². The van der Waals surface area contributed by atoms with E-state index in [9.17, 15) is 4.79 Å². The first-order valence-electron chi connectivity index (χ1n) is 7.90. The molecular formula is C19H15ClN4O. The summed E-state index contributed by atoms with van der Waals surface area (Å²) in [5.41, 5.74) is 3.77. The quantitative estimate of drug-likeness (QED) is 0.722. The van der Waals surface area contributed by atoms with Crippen molar-refractivity contribution in [1.82, 2.24) is 9.97 Å². The van der Waals surface area contributed by atoms with Crippen LogP contribution in [0.15, 0.2) is 55.4 Å². The second-order valence-electron chi connectivity index (χ2n) is 5.80. The molecule has 2 heterocycles. The molecule has 1 aliphatic heterocycles. The first kappa shape index (κ1) is 15.6. The number of nitrogens with one attached hydrogen (secondary N) is 1. The van der Waals surface area contributed by atoms with Crippen LogP contribution in [0.3, 0.4) is 0 Å². The maximum atomic E-state index is 11.5. The molecule has 0 saturated carbocycles. The Morgan fingerprint density at radius 2 is 2.12 bits per heavy atom. The Labute approximate surface area is 150 Å². The lowest BCUT2D eigenvalue weighted by molar-refractivity contribution is -0.111. The molecule has 0 fully saturated rings. The fourth-order valence-corrected chi connectivity index (χ4v) is 3.27. The molecule has 3 aromatic rings. The SMILES string of the molecule is C=CC(=O)Nc1ccc2c(N3CCc4ccc(Cl)cc43)ncnc2c1. The number of nitrogens with zero attached hydrogens (tertiary/aromatic N) is 3. The molecule has 0 spiro atoms. The second-order valence-corrected chi connectivity index (χ2v) is 6.23. The van der Waals surface area contributed by atoms with Gasteiger partial charge < -0.3 is 10.2 Å². The molecule has 6 heteroatoms. The fourth-order valence-electron chi connectivity index (χ4n) is 3.10. The minimum absolute atomic E-state index is 0.253. The number of benzene rings is 2. The number of aromatic nitrogens is 2. The van der Waals surface area contributed by atoms with Crippen LogP contribution in [0.1, 0.15) is 5.56 Å². The predicted molar refractivity (Wildman–Crippen MR) is 101 cm³/mol. The number of carbonyl (C=O) groups is 1. The lowest BCUT2D eigenvalue weighted by Gasteiger charge is -2.20. The summed E-state index contributed by atoms with van der Waals surface area (Å²) < 4.78 is 0. The van der Waals surface area contributed by atoms with Gasteiger partial charge in [0.25, 0.3) is 0 Å². The summed E-state index contributed by atoms with van der Waals surface area (Å²) in [6.07, 6.45) is 3.73. The molecule has 1 amide bonds. The molecule has 1 N–H and O–H groups in total. The largest absolute Gasteiger partial charge is 0.325 e. The van der Waals surface area contributed by atoms with Crippen molar-refractivity contribution in [3.63, 3.8) is 0 Å². The van der Waals surface area contributed by atoms with E-state index in [1.807, 2.05) is 30.3 Å². The first-order chi connectivity index (χ1) is 12.2. The Kier molecular flexibility index (Phi) is 3.86. The number of fused-ring (bicyclic) bond motifs is 2. The van der Waals surface area contributed by atoms with Gasteiger partial charge in [0.15, 0.2) is 0 Å². The summed E-state index contributed by atoms with van der Waals surface area (Å²) >= 11 is 6.17. The highest BCUT2D eigenvalue weighted by atomic mass is 35.5. The molecule has 1 aliphatic rings. The first-order valence-corrected chi connectivity index (χ1v) is 8.27. The van der Waals surface area contributed by atoms with Crippen molar-refractivity contribution < 1.29 is 4.79 Å². The van der Waals surface area contributed by atoms with Gasteiger partial charge in [-0.1, -0.05) is 24.2 Å². The molecule has 124 valence electrons. The number of anilines is 3. The van der Waals surface area contributed by atoms with Crippen LogP contribution in [-0.2, 0) is 11.2 Å².